The van der Waals surface area contributed by atoms with E-state index in [1.165, 1.54) is 0 Å². The van der Waals surface area contributed by atoms with Gasteiger partial charge in [-0.05, 0) is 25.0 Å². The first-order chi connectivity index (χ1) is 8.49. The molecule has 0 radical (unpaired) electrons. The van der Waals surface area contributed by atoms with Crippen LogP contribution in [0.5, 0.6) is 0 Å². The number of carbonyl (C=O) groups is 2. The summed E-state index contributed by atoms with van der Waals surface area (Å²) >= 11 is 0. The van der Waals surface area contributed by atoms with Gasteiger partial charge in [-0.2, -0.15) is 0 Å². The van der Waals surface area contributed by atoms with E-state index in [1.54, 1.807) is 12.1 Å². The standard InChI is InChI=1S/C14H20N2O2/c1-10(2)8-15-13(17)9-16-14(18)12-6-4-5-11(3)7-12/h4-7,10H,8-9H2,1-3H3,(H,15,17)(H,16,18). The molecule has 98 valence electrons. The van der Waals surface area contributed by atoms with Crippen molar-refractivity contribution in [3.8, 4) is 0 Å². The second-order valence-electron chi connectivity index (χ2n) is 4.75. The van der Waals surface area contributed by atoms with Crippen molar-refractivity contribution < 1.29 is 9.59 Å². The Morgan fingerprint density at radius 2 is 1.94 bits per heavy atom. The predicted octanol–water partition coefficient (Wildman–Crippen LogP) is 1.50. The number of nitrogens with one attached hydrogen (secondary N) is 2. The number of hydrogen-bond acceptors (Lipinski definition) is 2. The highest BCUT2D eigenvalue weighted by atomic mass is 16.2. The largest absolute Gasteiger partial charge is 0.354 e. The highest BCUT2D eigenvalue weighted by molar-refractivity contribution is 5.96. The lowest BCUT2D eigenvalue weighted by atomic mass is 10.1. The van der Waals surface area contributed by atoms with Crippen molar-refractivity contribution >= 4 is 11.8 Å². The minimum Gasteiger partial charge on any atom is -0.354 e. The van der Waals surface area contributed by atoms with Crippen molar-refractivity contribution in [1.29, 1.82) is 0 Å². The topological polar surface area (TPSA) is 58.2 Å². The van der Waals surface area contributed by atoms with Crippen LogP contribution in [0.3, 0.4) is 0 Å². The van der Waals surface area contributed by atoms with Crippen LogP contribution in [0.4, 0.5) is 0 Å². The van der Waals surface area contributed by atoms with Crippen LogP contribution in [0.1, 0.15) is 29.8 Å². The number of hydrogen-bond donors (Lipinski definition) is 2. The maximum Gasteiger partial charge on any atom is 0.251 e. The molecule has 1 aromatic rings. The fourth-order valence-electron chi connectivity index (χ4n) is 1.43. The van der Waals surface area contributed by atoms with Crippen molar-refractivity contribution in [2.45, 2.75) is 20.8 Å². The fourth-order valence-corrected chi connectivity index (χ4v) is 1.43. The highest BCUT2D eigenvalue weighted by Crippen LogP contribution is 2.03. The molecule has 0 unspecified atom stereocenters. The molecule has 0 aliphatic rings. The van der Waals surface area contributed by atoms with Crippen LogP contribution >= 0.6 is 0 Å². The minimum absolute atomic E-state index is 0.0134. The summed E-state index contributed by atoms with van der Waals surface area (Å²) in [4.78, 5) is 23.2. The van der Waals surface area contributed by atoms with Crippen molar-refractivity contribution in [2.75, 3.05) is 13.1 Å². The first-order valence-electron chi connectivity index (χ1n) is 6.10. The third kappa shape index (κ3) is 4.99. The monoisotopic (exact) mass is 248 g/mol. The molecule has 0 bridgehead atoms. The normalized spacial score (nSPS) is 10.2. The molecule has 0 saturated heterocycles. The van der Waals surface area contributed by atoms with Gasteiger partial charge in [0, 0.05) is 12.1 Å². The summed E-state index contributed by atoms with van der Waals surface area (Å²) in [6, 6.07) is 7.27. The molecule has 18 heavy (non-hydrogen) atoms. The van der Waals surface area contributed by atoms with Gasteiger partial charge in [0.1, 0.15) is 0 Å². The van der Waals surface area contributed by atoms with E-state index < -0.39 is 0 Å². The van der Waals surface area contributed by atoms with Crippen molar-refractivity contribution in [3.05, 3.63) is 35.4 Å². The molecular formula is C14H20N2O2. The molecule has 2 N–H and O–H groups in total. The number of aryl methyl sites for hydroxylation is 1. The maximum absolute atomic E-state index is 11.7. The Balaban J connectivity index is 2.39. The van der Waals surface area contributed by atoms with Crippen LogP contribution in [0.25, 0.3) is 0 Å². The summed E-state index contributed by atoms with van der Waals surface area (Å²) in [6.07, 6.45) is 0. The summed E-state index contributed by atoms with van der Waals surface area (Å²) in [5, 5.41) is 5.35. The molecule has 0 fully saturated rings. The van der Waals surface area contributed by atoms with Gasteiger partial charge in [-0.3, -0.25) is 9.59 Å². The molecule has 4 heteroatoms. The van der Waals surface area contributed by atoms with Crippen LogP contribution in [-0.4, -0.2) is 24.9 Å². The molecule has 1 rings (SSSR count). The summed E-state index contributed by atoms with van der Waals surface area (Å²) < 4.78 is 0. The van der Waals surface area contributed by atoms with Crippen molar-refractivity contribution in [1.82, 2.24) is 10.6 Å². The number of benzene rings is 1. The maximum atomic E-state index is 11.7. The molecule has 0 aromatic heterocycles. The zero-order valence-corrected chi connectivity index (χ0v) is 11.1. The summed E-state index contributed by atoms with van der Waals surface area (Å²) in [7, 11) is 0. The van der Waals surface area contributed by atoms with E-state index in [-0.39, 0.29) is 18.4 Å². The molecule has 0 aliphatic heterocycles. The van der Waals surface area contributed by atoms with E-state index >= 15 is 0 Å². The Morgan fingerprint density at radius 3 is 2.56 bits per heavy atom. The molecule has 0 spiro atoms. The Kier molecular flexibility index (Phi) is 5.36. The SMILES string of the molecule is Cc1cccc(C(=O)NCC(=O)NCC(C)C)c1. The molecule has 0 atom stereocenters. The predicted molar refractivity (Wildman–Crippen MR) is 71.4 cm³/mol. The number of amides is 2. The summed E-state index contributed by atoms with van der Waals surface area (Å²) in [5.41, 5.74) is 1.60. The first kappa shape index (κ1) is 14.2. The second-order valence-corrected chi connectivity index (χ2v) is 4.75. The van der Waals surface area contributed by atoms with Crippen molar-refractivity contribution in [2.24, 2.45) is 5.92 Å². The van der Waals surface area contributed by atoms with Crippen LogP contribution in [0.15, 0.2) is 24.3 Å². The summed E-state index contributed by atoms with van der Waals surface area (Å²) in [6.45, 7) is 6.60. The number of rotatable bonds is 5. The third-order valence-electron chi connectivity index (χ3n) is 2.40. The molecule has 1 aromatic carbocycles. The van der Waals surface area contributed by atoms with E-state index in [9.17, 15) is 9.59 Å². The average molecular weight is 248 g/mol. The molecule has 4 nitrogen and oxygen atoms in total. The molecule has 0 heterocycles. The van der Waals surface area contributed by atoms with Crippen LogP contribution in [-0.2, 0) is 4.79 Å². The van der Waals surface area contributed by atoms with Gasteiger partial charge in [0.25, 0.3) is 5.91 Å². The van der Waals surface area contributed by atoms with E-state index in [0.717, 1.165) is 5.56 Å². The molecule has 0 aliphatic carbocycles. The lowest BCUT2D eigenvalue weighted by Crippen LogP contribution is -2.38. The smallest absolute Gasteiger partial charge is 0.251 e. The fraction of sp³-hybridized carbons (Fsp3) is 0.429. The Labute approximate surface area is 108 Å². The zero-order valence-electron chi connectivity index (χ0n) is 11.1. The van der Waals surface area contributed by atoms with Gasteiger partial charge >= 0.3 is 0 Å². The second kappa shape index (κ2) is 6.79. The quantitative estimate of drug-likeness (QED) is 0.829. The lowest BCUT2D eigenvalue weighted by molar-refractivity contribution is -0.120. The average Bonchev–Trinajstić information content (AvgIpc) is 2.33. The first-order valence-corrected chi connectivity index (χ1v) is 6.10. The van der Waals surface area contributed by atoms with Crippen LogP contribution in [0.2, 0.25) is 0 Å². The lowest BCUT2D eigenvalue weighted by Gasteiger charge is -2.08. The highest BCUT2D eigenvalue weighted by Gasteiger charge is 2.07. The van der Waals surface area contributed by atoms with Crippen molar-refractivity contribution in [3.63, 3.8) is 0 Å². The Morgan fingerprint density at radius 1 is 1.22 bits per heavy atom. The van der Waals surface area contributed by atoms with E-state index in [2.05, 4.69) is 10.6 Å². The van der Waals surface area contributed by atoms with Crippen LogP contribution < -0.4 is 10.6 Å². The molecular weight excluding hydrogens is 228 g/mol. The van der Waals surface area contributed by atoms with Gasteiger partial charge in [-0.25, -0.2) is 0 Å². The molecule has 2 amide bonds. The van der Waals surface area contributed by atoms with Gasteiger partial charge < -0.3 is 10.6 Å². The Hall–Kier alpha value is -1.84. The van der Waals surface area contributed by atoms with Gasteiger partial charge in [-0.15, -0.1) is 0 Å². The van der Waals surface area contributed by atoms with E-state index in [4.69, 9.17) is 0 Å². The van der Waals surface area contributed by atoms with Gasteiger partial charge in [0.15, 0.2) is 0 Å². The Bertz CT molecular complexity index is 428. The van der Waals surface area contributed by atoms with E-state index in [1.807, 2.05) is 32.9 Å². The minimum atomic E-state index is -0.224. The third-order valence-corrected chi connectivity index (χ3v) is 2.40. The number of carbonyl (C=O) groups excluding carboxylic acids is 2. The molecule has 0 saturated carbocycles. The summed E-state index contributed by atoms with van der Waals surface area (Å²) in [5.74, 6) is 0.0181. The van der Waals surface area contributed by atoms with Gasteiger partial charge in [0.2, 0.25) is 5.91 Å². The zero-order chi connectivity index (χ0) is 13.5. The van der Waals surface area contributed by atoms with Gasteiger partial charge in [0.05, 0.1) is 6.54 Å². The van der Waals surface area contributed by atoms with Crippen LogP contribution in [0, 0.1) is 12.8 Å². The van der Waals surface area contributed by atoms with Gasteiger partial charge in [-0.1, -0.05) is 31.5 Å². The van der Waals surface area contributed by atoms with E-state index in [0.29, 0.717) is 18.0 Å².